The van der Waals surface area contributed by atoms with Crippen LogP contribution in [-0.4, -0.2) is 29.3 Å². The first-order valence-electron chi connectivity index (χ1n) is 6.35. The molecule has 6 nitrogen and oxygen atoms in total. The Kier molecular flexibility index (Phi) is 5.83. The third kappa shape index (κ3) is 4.15. The fraction of sp³-hybridized carbons (Fsp3) is 0.429. The lowest BCUT2D eigenvalue weighted by Crippen LogP contribution is -2.35. The van der Waals surface area contributed by atoms with Gasteiger partial charge in [0.15, 0.2) is 5.78 Å². The lowest BCUT2D eigenvalue weighted by atomic mass is 9.93. The fourth-order valence-electron chi connectivity index (χ4n) is 1.79. The topological polar surface area (TPSA) is 86.5 Å². The zero-order valence-corrected chi connectivity index (χ0v) is 11.4. The number of ketones is 1. The van der Waals surface area contributed by atoms with Gasteiger partial charge < -0.3 is 4.74 Å². The number of hydrogen-bond acceptors (Lipinski definition) is 5. The van der Waals surface area contributed by atoms with E-state index in [-0.39, 0.29) is 18.8 Å². The molecule has 0 spiro atoms. The van der Waals surface area contributed by atoms with Gasteiger partial charge in [0.2, 0.25) is 6.04 Å². The molecule has 0 aromatic heterocycles. The van der Waals surface area contributed by atoms with E-state index >= 15 is 0 Å². The van der Waals surface area contributed by atoms with Crippen molar-refractivity contribution < 1.29 is 19.2 Å². The number of ether oxygens (including phenoxy) is 1. The van der Waals surface area contributed by atoms with E-state index in [0.717, 1.165) is 0 Å². The van der Waals surface area contributed by atoms with Gasteiger partial charge in [0, 0.05) is 23.8 Å². The Morgan fingerprint density at radius 1 is 1.30 bits per heavy atom. The van der Waals surface area contributed by atoms with E-state index in [4.69, 9.17) is 4.74 Å². The van der Waals surface area contributed by atoms with Crippen molar-refractivity contribution in [3.05, 3.63) is 46.0 Å². The Morgan fingerprint density at radius 3 is 2.40 bits per heavy atom. The van der Waals surface area contributed by atoms with Gasteiger partial charge in [-0.1, -0.05) is 30.3 Å². The van der Waals surface area contributed by atoms with Gasteiger partial charge >= 0.3 is 5.97 Å². The minimum Gasteiger partial charge on any atom is -0.466 e. The summed E-state index contributed by atoms with van der Waals surface area (Å²) in [5, 5.41) is 10.9. The first-order chi connectivity index (χ1) is 9.47. The van der Waals surface area contributed by atoms with Crippen LogP contribution in [0.3, 0.4) is 0 Å². The maximum Gasteiger partial charge on any atom is 0.316 e. The molecule has 6 heteroatoms. The van der Waals surface area contributed by atoms with Crippen molar-refractivity contribution >= 4 is 11.8 Å². The van der Waals surface area contributed by atoms with Crippen molar-refractivity contribution in [3.63, 3.8) is 0 Å². The zero-order valence-electron chi connectivity index (χ0n) is 11.4. The molecule has 0 radical (unpaired) electrons. The summed E-state index contributed by atoms with van der Waals surface area (Å²) < 4.78 is 4.82. The Bertz CT molecular complexity index is 486. The second-order valence-corrected chi connectivity index (χ2v) is 4.38. The fourth-order valence-corrected chi connectivity index (χ4v) is 1.79. The van der Waals surface area contributed by atoms with Gasteiger partial charge in [-0.25, -0.2) is 0 Å². The number of nitro groups is 1. The molecule has 0 saturated heterocycles. The maximum atomic E-state index is 12.1. The molecule has 0 N–H and O–H groups in total. The van der Waals surface area contributed by atoms with E-state index < -0.39 is 22.9 Å². The van der Waals surface area contributed by atoms with Crippen molar-refractivity contribution in [2.45, 2.75) is 26.3 Å². The Balaban J connectivity index is 2.87. The van der Waals surface area contributed by atoms with E-state index in [1.54, 1.807) is 37.3 Å². The Hall–Kier alpha value is -2.24. The third-order valence-corrected chi connectivity index (χ3v) is 3.01. The lowest BCUT2D eigenvalue weighted by molar-refractivity contribution is -0.525. The minimum atomic E-state index is -1.17. The molecule has 108 valence electrons. The van der Waals surface area contributed by atoms with E-state index in [9.17, 15) is 19.7 Å². The van der Waals surface area contributed by atoms with Gasteiger partial charge in [-0.3, -0.25) is 19.7 Å². The molecule has 20 heavy (non-hydrogen) atoms. The average Bonchev–Trinajstić information content (AvgIpc) is 2.44. The Labute approximate surface area is 116 Å². The highest BCUT2D eigenvalue weighted by Crippen LogP contribution is 2.17. The van der Waals surface area contributed by atoms with Crippen molar-refractivity contribution in [1.29, 1.82) is 0 Å². The maximum absolute atomic E-state index is 12.1. The van der Waals surface area contributed by atoms with Crippen LogP contribution in [0.5, 0.6) is 0 Å². The highest BCUT2D eigenvalue weighted by atomic mass is 16.6. The molecule has 0 aliphatic carbocycles. The SMILES string of the molecule is CCOC(=O)[C@H](CC(=O)c1ccccc1)C(C)[N+](=O)[O-]. The van der Waals surface area contributed by atoms with Crippen molar-refractivity contribution in [1.82, 2.24) is 0 Å². The molecule has 0 bridgehead atoms. The predicted octanol–water partition coefficient (Wildman–Crippen LogP) is 2.10. The van der Waals surface area contributed by atoms with Crippen molar-refractivity contribution in [2.75, 3.05) is 6.61 Å². The second kappa shape index (κ2) is 7.37. The van der Waals surface area contributed by atoms with Crippen LogP contribution in [0.2, 0.25) is 0 Å². The van der Waals surface area contributed by atoms with Gasteiger partial charge in [-0.05, 0) is 6.92 Å². The van der Waals surface area contributed by atoms with Gasteiger partial charge in [-0.2, -0.15) is 0 Å². The number of benzene rings is 1. The number of carbonyl (C=O) groups excluding carboxylic acids is 2. The lowest BCUT2D eigenvalue weighted by Gasteiger charge is -2.16. The average molecular weight is 279 g/mol. The van der Waals surface area contributed by atoms with E-state index in [1.807, 2.05) is 0 Å². The molecule has 1 rings (SSSR count). The molecular weight excluding hydrogens is 262 g/mol. The molecule has 0 saturated carbocycles. The third-order valence-electron chi connectivity index (χ3n) is 3.01. The number of Topliss-reactive ketones (excluding diaryl/α,β-unsaturated/α-hetero) is 1. The number of rotatable bonds is 7. The van der Waals surface area contributed by atoms with Gasteiger partial charge in [0.1, 0.15) is 5.92 Å². The summed E-state index contributed by atoms with van der Waals surface area (Å²) in [6, 6.07) is 7.22. The van der Waals surface area contributed by atoms with Crippen LogP contribution < -0.4 is 0 Å². The molecule has 0 fully saturated rings. The molecule has 0 amide bonds. The monoisotopic (exact) mass is 279 g/mol. The number of carbonyl (C=O) groups is 2. The summed E-state index contributed by atoms with van der Waals surface area (Å²) in [6.45, 7) is 3.05. The first-order valence-corrected chi connectivity index (χ1v) is 6.35. The Morgan fingerprint density at radius 2 is 1.90 bits per heavy atom. The quantitative estimate of drug-likeness (QED) is 0.330. The van der Waals surface area contributed by atoms with Gasteiger partial charge in [0.25, 0.3) is 0 Å². The smallest absolute Gasteiger partial charge is 0.316 e. The minimum absolute atomic E-state index is 0.124. The van der Waals surface area contributed by atoms with Gasteiger partial charge in [-0.15, -0.1) is 0 Å². The second-order valence-electron chi connectivity index (χ2n) is 4.38. The first kappa shape index (κ1) is 15.8. The standard InChI is InChI=1S/C14H17NO5/c1-3-20-14(17)12(10(2)15(18)19)9-13(16)11-7-5-4-6-8-11/h4-8,10,12H,3,9H2,1-2H3/t10?,12-/m1/s1. The molecule has 0 heterocycles. The molecule has 0 aliphatic rings. The largest absolute Gasteiger partial charge is 0.466 e. The van der Waals surface area contributed by atoms with E-state index in [2.05, 4.69) is 0 Å². The molecule has 2 atom stereocenters. The van der Waals surface area contributed by atoms with E-state index in [0.29, 0.717) is 5.56 Å². The normalized spacial score (nSPS) is 13.3. The molecule has 1 unspecified atom stereocenters. The summed E-state index contributed by atoms with van der Waals surface area (Å²) in [5.41, 5.74) is 0.428. The molecule has 1 aromatic rings. The highest BCUT2D eigenvalue weighted by Gasteiger charge is 2.36. The van der Waals surface area contributed by atoms with Crippen molar-refractivity contribution in [2.24, 2.45) is 5.92 Å². The molecule has 0 aliphatic heterocycles. The molecular formula is C14H17NO5. The molecule has 1 aromatic carbocycles. The summed E-state index contributed by atoms with van der Waals surface area (Å²) in [6.07, 6.45) is -0.231. The highest BCUT2D eigenvalue weighted by molar-refractivity contribution is 5.98. The van der Waals surface area contributed by atoms with Crippen LogP contribution in [0.1, 0.15) is 30.6 Å². The number of hydrogen-bond donors (Lipinski definition) is 0. The van der Waals surface area contributed by atoms with Crippen LogP contribution in [0.25, 0.3) is 0 Å². The number of nitrogens with zero attached hydrogens (tertiary/aromatic N) is 1. The van der Waals surface area contributed by atoms with Gasteiger partial charge in [0.05, 0.1) is 6.61 Å². The van der Waals surface area contributed by atoms with Crippen LogP contribution in [-0.2, 0) is 9.53 Å². The summed E-state index contributed by atoms with van der Waals surface area (Å²) in [7, 11) is 0. The summed E-state index contributed by atoms with van der Waals surface area (Å²) in [4.78, 5) is 34.1. The van der Waals surface area contributed by atoms with Crippen LogP contribution in [0.15, 0.2) is 30.3 Å². The zero-order chi connectivity index (χ0) is 15.1. The summed E-state index contributed by atoms with van der Waals surface area (Å²) >= 11 is 0. The van der Waals surface area contributed by atoms with Crippen LogP contribution in [0, 0.1) is 16.0 Å². The van der Waals surface area contributed by atoms with E-state index in [1.165, 1.54) is 6.92 Å². The van der Waals surface area contributed by atoms with Crippen LogP contribution in [0.4, 0.5) is 0 Å². The predicted molar refractivity (Wildman–Crippen MR) is 72.0 cm³/mol. The van der Waals surface area contributed by atoms with Crippen LogP contribution >= 0.6 is 0 Å². The summed E-state index contributed by atoms with van der Waals surface area (Å²) in [5.74, 6) is -2.09. The number of esters is 1. The van der Waals surface area contributed by atoms with Crippen molar-refractivity contribution in [3.8, 4) is 0 Å².